The highest BCUT2D eigenvalue weighted by atomic mass is 16.1. The summed E-state index contributed by atoms with van der Waals surface area (Å²) in [6.45, 7) is 0. The Morgan fingerprint density at radius 1 is 0.964 bits per heavy atom. The van der Waals surface area contributed by atoms with E-state index in [2.05, 4.69) is 64.5 Å². The first-order valence-corrected chi connectivity index (χ1v) is 9.76. The van der Waals surface area contributed by atoms with E-state index in [0.717, 1.165) is 29.1 Å². The SMILES string of the molecule is O=C1CCC=C2Nc3nc4ccccc4n3[C@@H](c3cccc4ccccc34)[C@@H]12. The number of rotatable bonds is 1. The molecule has 0 unspecified atom stereocenters. The average molecular weight is 365 g/mol. The quantitative estimate of drug-likeness (QED) is 0.512. The number of nitrogens with one attached hydrogen (secondary N) is 1. The van der Waals surface area contributed by atoms with E-state index in [1.807, 2.05) is 18.2 Å². The smallest absolute Gasteiger partial charge is 0.208 e. The molecular formula is C24H19N3O. The van der Waals surface area contributed by atoms with Crippen LogP contribution in [0.2, 0.25) is 0 Å². The van der Waals surface area contributed by atoms with E-state index in [9.17, 15) is 4.79 Å². The zero-order chi connectivity index (χ0) is 18.7. The number of hydrogen-bond donors (Lipinski definition) is 1. The number of Topliss-reactive ketones (excluding diaryl/α,β-unsaturated/α-hetero) is 1. The third-order valence-corrected chi connectivity index (χ3v) is 6.02. The number of nitrogens with zero attached hydrogens (tertiary/aromatic N) is 2. The number of ketones is 1. The molecule has 0 saturated carbocycles. The number of fused-ring (bicyclic) bond motifs is 5. The van der Waals surface area contributed by atoms with Gasteiger partial charge in [0, 0.05) is 12.1 Å². The Morgan fingerprint density at radius 2 is 1.79 bits per heavy atom. The summed E-state index contributed by atoms with van der Waals surface area (Å²) in [6, 6.07) is 22.9. The van der Waals surface area contributed by atoms with Crippen LogP contribution < -0.4 is 5.32 Å². The van der Waals surface area contributed by atoms with E-state index < -0.39 is 0 Å². The largest absolute Gasteiger partial charge is 0.329 e. The molecule has 0 spiro atoms. The van der Waals surface area contributed by atoms with Crippen molar-refractivity contribution in [1.82, 2.24) is 9.55 Å². The highest BCUT2D eigenvalue weighted by Crippen LogP contribution is 2.45. The molecule has 1 aliphatic heterocycles. The summed E-state index contributed by atoms with van der Waals surface area (Å²) < 4.78 is 2.22. The van der Waals surface area contributed by atoms with Crippen LogP contribution in [-0.2, 0) is 4.79 Å². The molecule has 136 valence electrons. The molecular weight excluding hydrogens is 346 g/mol. The summed E-state index contributed by atoms with van der Waals surface area (Å²) in [7, 11) is 0. The number of anilines is 1. The maximum absolute atomic E-state index is 13.1. The Morgan fingerprint density at radius 3 is 2.75 bits per heavy atom. The van der Waals surface area contributed by atoms with Gasteiger partial charge >= 0.3 is 0 Å². The minimum Gasteiger partial charge on any atom is -0.329 e. The molecule has 6 rings (SSSR count). The van der Waals surface area contributed by atoms with Gasteiger partial charge in [0.05, 0.1) is 23.0 Å². The fourth-order valence-corrected chi connectivity index (χ4v) is 4.82. The standard InChI is InChI=1S/C24H19N3O/c28-21-14-6-12-19-22(21)23(17-10-5-8-15-7-1-2-9-16(15)17)27-20-13-4-3-11-18(20)25-24(27)26-19/h1-5,7-13,22-23H,6,14H2,(H,25,26)/t22-,23+/m1/s1. The van der Waals surface area contributed by atoms with E-state index in [-0.39, 0.29) is 12.0 Å². The van der Waals surface area contributed by atoms with Crippen molar-refractivity contribution in [3.8, 4) is 0 Å². The summed E-state index contributed by atoms with van der Waals surface area (Å²) in [6.07, 6.45) is 3.56. The Balaban J connectivity index is 1.71. The molecule has 0 fully saturated rings. The second kappa shape index (κ2) is 5.80. The molecule has 4 nitrogen and oxygen atoms in total. The second-order valence-electron chi connectivity index (χ2n) is 7.57. The van der Waals surface area contributed by atoms with Crippen molar-refractivity contribution in [2.45, 2.75) is 18.9 Å². The van der Waals surface area contributed by atoms with E-state index in [1.165, 1.54) is 16.3 Å². The third kappa shape index (κ3) is 2.12. The van der Waals surface area contributed by atoms with Crippen LogP contribution in [0.5, 0.6) is 0 Å². The van der Waals surface area contributed by atoms with Gasteiger partial charge in [-0.25, -0.2) is 4.98 Å². The number of carbonyl (C=O) groups excluding carboxylic acids is 1. The highest BCUT2D eigenvalue weighted by molar-refractivity contribution is 5.92. The molecule has 0 saturated heterocycles. The molecule has 4 aromatic rings. The van der Waals surface area contributed by atoms with Gasteiger partial charge in [0.1, 0.15) is 5.78 Å². The maximum Gasteiger partial charge on any atom is 0.208 e. The van der Waals surface area contributed by atoms with Crippen molar-refractivity contribution >= 4 is 33.5 Å². The molecule has 2 heterocycles. The molecule has 0 amide bonds. The van der Waals surface area contributed by atoms with Gasteiger partial charge in [0.25, 0.3) is 0 Å². The van der Waals surface area contributed by atoms with Crippen LogP contribution in [0.1, 0.15) is 24.4 Å². The Hall–Kier alpha value is -3.40. The van der Waals surface area contributed by atoms with Gasteiger partial charge in [-0.1, -0.05) is 60.7 Å². The summed E-state index contributed by atoms with van der Waals surface area (Å²) in [5.74, 6) is 0.910. The van der Waals surface area contributed by atoms with E-state index in [4.69, 9.17) is 4.98 Å². The molecule has 1 aliphatic carbocycles. The summed E-state index contributed by atoms with van der Waals surface area (Å²) >= 11 is 0. The fraction of sp³-hybridized carbons (Fsp3) is 0.167. The van der Waals surface area contributed by atoms with E-state index >= 15 is 0 Å². The van der Waals surface area contributed by atoms with Crippen LogP contribution in [0.3, 0.4) is 0 Å². The van der Waals surface area contributed by atoms with Crippen molar-refractivity contribution in [2.75, 3.05) is 5.32 Å². The predicted molar refractivity (Wildman–Crippen MR) is 111 cm³/mol. The lowest BCUT2D eigenvalue weighted by Crippen LogP contribution is -2.38. The van der Waals surface area contributed by atoms with Crippen LogP contribution in [0.15, 0.2) is 78.5 Å². The molecule has 2 aliphatic rings. The Bertz CT molecular complexity index is 1280. The van der Waals surface area contributed by atoms with Gasteiger partial charge in [-0.2, -0.15) is 0 Å². The number of imidazole rings is 1. The first-order valence-electron chi connectivity index (χ1n) is 9.76. The molecule has 3 aromatic carbocycles. The normalized spacial score (nSPS) is 21.1. The first kappa shape index (κ1) is 15.6. The molecule has 1 N–H and O–H groups in total. The molecule has 0 bridgehead atoms. The number of aromatic nitrogens is 2. The van der Waals surface area contributed by atoms with Crippen molar-refractivity contribution in [3.63, 3.8) is 0 Å². The number of allylic oxidation sites excluding steroid dienone is 2. The van der Waals surface area contributed by atoms with Gasteiger partial charge in [-0.15, -0.1) is 0 Å². The minimum absolute atomic E-state index is 0.103. The number of para-hydroxylation sites is 2. The summed E-state index contributed by atoms with van der Waals surface area (Å²) in [5, 5.41) is 5.84. The third-order valence-electron chi connectivity index (χ3n) is 6.02. The molecule has 0 radical (unpaired) electrons. The van der Waals surface area contributed by atoms with Gasteiger partial charge in [-0.3, -0.25) is 4.79 Å². The van der Waals surface area contributed by atoms with Gasteiger partial charge in [0.2, 0.25) is 5.95 Å². The molecule has 4 heteroatoms. The highest BCUT2D eigenvalue weighted by Gasteiger charge is 2.41. The van der Waals surface area contributed by atoms with Gasteiger partial charge in [0.15, 0.2) is 0 Å². The van der Waals surface area contributed by atoms with Crippen LogP contribution in [0.25, 0.3) is 21.8 Å². The second-order valence-corrected chi connectivity index (χ2v) is 7.57. The topological polar surface area (TPSA) is 46.9 Å². The summed E-state index contributed by atoms with van der Waals surface area (Å²) in [4.78, 5) is 17.9. The lowest BCUT2D eigenvalue weighted by molar-refractivity contribution is -0.123. The van der Waals surface area contributed by atoms with Crippen molar-refractivity contribution in [1.29, 1.82) is 0 Å². The first-order chi connectivity index (χ1) is 13.8. The Kier molecular flexibility index (Phi) is 3.24. The van der Waals surface area contributed by atoms with Crippen molar-refractivity contribution in [2.24, 2.45) is 5.92 Å². The van der Waals surface area contributed by atoms with Gasteiger partial charge < -0.3 is 9.88 Å². The zero-order valence-corrected chi connectivity index (χ0v) is 15.3. The molecule has 28 heavy (non-hydrogen) atoms. The van der Waals surface area contributed by atoms with Crippen LogP contribution in [0, 0.1) is 5.92 Å². The predicted octanol–water partition coefficient (Wildman–Crippen LogP) is 5.07. The number of benzene rings is 3. The average Bonchev–Trinajstić information content (AvgIpc) is 3.10. The Labute approximate surface area is 162 Å². The lowest BCUT2D eigenvalue weighted by atomic mass is 9.79. The van der Waals surface area contributed by atoms with Crippen LogP contribution in [-0.4, -0.2) is 15.3 Å². The van der Waals surface area contributed by atoms with Crippen molar-refractivity contribution in [3.05, 3.63) is 84.1 Å². The number of carbonyl (C=O) groups is 1. The fourth-order valence-electron chi connectivity index (χ4n) is 4.82. The molecule has 2 atom stereocenters. The molecule has 1 aromatic heterocycles. The van der Waals surface area contributed by atoms with Gasteiger partial charge in [-0.05, 0) is 34.9 Å². The van der Waals surface area contributed by atoms with Crippen LogP contribution in [0.4, 0.5) is 5.95 Å². The monoisotopic (exact) mass is 365 g/mol. The van der Waals surface area contributed by atoms with Crippen molar-refractivity contribution < 1.29 is 4.79 Å². The van der Waals surface area contributed by atoms with E-state index in [1.54, 1.807) is 0 Å². The maximum atomic E-state index is 13.1. The lowest BCUT2D eigenvalue weighted by Gasteiger charge is -2.38. The summed E-state index contributed by atoms with van der Waals surface area (Å²) in [5.41, 5.74) is 4.18. The van der Waals surface area contributed by atoms with Crippen LogP contribution >= 0.6 is 0 Å². The minimum atomic E-state index is -0.204. The zero-order valence-electron chi connectivity index (χ0n) is 15.3. The number of hydrogen-bond acceptors (Lipinski definition) is 3. The van der Waals surface area contributed by atoms with E-state index in [0.29, 0.717) is 12.2 Å².